The maximum atomic E-state index is 13.7. The Morgan fingerprint density at radius 2 is 2.39 bits per heavy atom. The molecule has 100 valence electrons. The lowest BCUT2D eigenvalue weighted by Crippen LogP contribution is -2.55. The first kappa shape index (κ1) is 12.6. The number of amides is 1. The Morgan fingerprint density at radius 3 is 2.89 bits per heavy atom. The van der Waals surface area contributed by atoms with Crippen molar-refractivity contribution in [3.63, 3.8) is 0 Å². The number of likely N-dealkylation sites (tertiary alicyclic amines) is 1. The molecule has 1 amide bonds. The van der Waals surface area contributed by atoms with E-state index in [1.165, 1.54) is 17.1 Å². The zero-order valence-electron chi connectivity index (χ0n) is 9.71. The Hall–Kier alpha value is -1.86. The molecule has 2 heterocycles. The molecule has 1 N–H and O–H groups in total. The molecule has 0 radical (unpaired) electrons. The standard InChI is InChI=1S/C10H13F2N3O3/c1-14-5-7(4-13-14)18-8-2-3-15(9(16)17)6-10(8,11)12/h4-5,8H,2-3,6H2,1H3,(H,16,17). The van der Waals surface area contributed by atoms with Crippen molar-refractivity contribution >= 4 is 6.09 Å². The van der Waals surface area contributed by atoms with Crippen LogP contribution in [0.2, 0.25) is 0 Å². The predicted molar refractivity (Wildman–Crippen MR) is 56.8 cm³/mol. The number of rotatable bonds is 2. The molecule has 0 aliphatic carbocycles. The number of aryl methyl sites for hydroxylation is 1. The lowest BCUT2D eigenvalue weighted by atomic mass is 10.0. The van der Waals surface area contributed by atoms with Gasteiger partial charge in [0.05, 0.1) is 18.9 Å². The van der Waals surface area contributed by atoms with E-state index in [1.54, 1.807) is 7.05 Å². The van der Waals surface area contributed by atoms with Gasteiger partial charge < -0.3 is 14.7 Å². The summed E-state index contributed by atoms with van der Waals surface area (Å²) >= 11 is 0. The number of hydrogen-bond donors (Lipinski definition) is 1. The maximum absolute atomic E-state index is 13.7. The SMILES string of the molecule is Cn1cc(OC2CCN(C(=O)O)CC2(F)F)cn1. The first-order chi connectivity index (χ1) is 8.38. The number of piperidine rings is 1. The largest absolute Gasteiger partial charge is 0.481 e. The maximum Gasteiger partial charge on any atom is 0.407 e. The summed E-state index contributed by atoms with van der Waals surface area (Å²) in [5.41, 5.74) is 0. The van der Waals surface area contributed by atoms with Crippen molar-refractivity contribution in [3.8, 4) is 5.75 Å². The van der Waals surface area contributed by atoms with Crippen LogP contribution in [0.4, 0.5) is 13.6 Å². The Bertz CT molecular complexity index is 449. The molecule has 1 saturated heterocycles. The Kier molecular flexibility index (Phi) is 3.10. The molecule has 0 bridgehead atoms. The van der Waals surface area contributed by atoms with Gasteiger partial charge in [0.1, 0.15) is 0 Å². The number of carbonyl (C=O) groups is 1. The van der Waals surface area contributed by atoms with Gasteiger partial charge in [-0.25, -0.2) is 13.6 Å². The molecule has 1 atom stereocenters. The summed E-state index contributed by atoms with van der Waals surface area (Å²) in [7, 11) is 1.65. The number of aromatic nitrogens is 2. The number of hydrogen-bond acceptors (Lipinski definition) is 3. The van der Waals surface area contributed by atoms with Crippen LogP contribution in [0.5, 0.6) is 5.75 Å². The Morgan fingerprint density at radius 1 is 1.67 bits per heavy atom. The quantitative estimate of drug-likeness (QED) is 0.868. The molecular weight excluding hydrogens is 248 g/mol. The van der Waals surface area contributed by atoms with Gasteiger partial charge in [-0.2, -0.15) is 5.10 Å². The second kappa shape index (κ2) is 4.43. The van der Waals surface area contributed by atoms with Crippen LogP contribution < -0.4 is 4.74 Å². The lowest BCUT2D eigenvalue weighted by Gasteiger charge is -2.36. The number of nitrogens with zero attached hydrogens (tertiary/aromatic N) is 3. The van der Waals surface area contributed by atoms with Gasteiger partial charge in [-0.15, -0.1) is 0 Å². The van der Waals surface area contributed by atoms with E-state index in [4.69, 9.17) is 9.84 Å². The van der Waals surface area contributed by atoms with Gasteiger partial charge in [-0.3, -0.25) is 4.68 Å². The summed E-state index contributed by atoms with van der Waals surface area (Å²) in [5, 5.41) is 12.5. The van der Waals surface area contributed by atoms with Gasteiger partial charge in [0.25, 0.3) is 0 Å². The van der Waals surface area contributed by atoms with Crippen LogP contribution in [-0.4, -0.2) is 51.0 Å². The fourth-order valence-corrected chi connectivity index (χ4v) is 1.85. The van der Waals surface area contributed by atoms with Gasteiger partial charge in [0.2, 0.25) is 0 Å². The van der Waals surface area contributed by atoms with Crippen molar-refractivity contribution in [2.45, 2.75) is 18.4 Å². The number of halogens is 2. The summed E-state index contributed by atoms with van der Waals surface area (Å²) in [6.45, 7) is -0.802. The molecule has 1 aromatic rings. The van der Waals surface area contributed by atoms with Crippen molar-refractivity contribution in [2.75, 3.05) is 13.1 Å². The third kappa shape index (κ3) is 2.52. The van der Waals surface area contributed by atoms with E-state index in [9.17, 15) is 13.6 Å². The van der Waals surface area contributed by atoms with Gasteiger partial charge in [0.15, 0.2) is 11.9 Å². The minimum absolute atomic E-state index is 0.0376. The highest BCUT2D eigenvalue weighted by molar-refractivity contribution is 5.65. The molecule has 6 nitrogen and oxygen atoms in total. The zero-order valence-corrected chi connectivity index (χ0v) is 9.71. The van der Waals surface area contributed by atoms with Crippen molar-refractivity contribution in [1.29, 1.82) is 0 Å². The Labute approximate surface area is 102 Å². The molecule has 1 aliphatic heterocycles. The van der Waals surface area contributed by atoms with Gasteiger partial charge in [0, 0.05) is 20.0 Å². The topological polar surface area (TPSA) is 67.6 Å². The third-order valence-corrected chi connectivity index (χ3v) is 2.76. The van der Waals surface area contributed by atoms with Crippen molar-refractivity contribution in [3.05, 3.63) is 12.4 Å². The molecule has 8 heteroatoms. The highest BCUT2D eigenvalue weighted by Gasteiger charge is 2.47. The van der Waals surface area contributed by atoms with E-state index < -0.39 is 24.7 Å². The molecule has 2 rings (SSSR count). The molecule has 1 fully saturated rings. The molecule has 0 spiro atoms. The van der Waals surface area contributed by atoms with Gasteiger partial charge >= 0.3 is 12.0 Å². The molecule has 0 aromatic carbocycles. The normalized spacial score (nSPS) is 22.8. The van der Waals surface area contributed by atoms with E-state index in [-0.39, 0.29) is 18.7 Å². The van der Waals surface area contributed by atoms with Crippen LogP contribution in [-0.2, 0) is 7.05 Å². The average Bonchev–Trinajstić information content (AvgIpc) is 2.66. The number of carboxylic acid groups (broad SMARTS) is 1. The number of alkyl halides is 2. The Balaban J connectivity index is 2.04. The molecule has 1 unspecified atom stereocenters. The third-order valence-electron chi connectivity index (χ3n) is 2.76. The summed E-state index contributed by atoms with van der Waals surface area (Å²) in [6, 6.07) is 0. The molecule has 1 aromatic heterocycles. The van der Waals surface area contributed by atoms with Crippen molar-refractivity contribution < 1.29 is 23.4 Å². The van der Waals surface area contributed by atoms with Crippen molar-refractivity contribution in [2.24, 2.45) is 7.05 Å². The van der Waals surface area contributed by atoms with E-state index in [2.05, 4.69) is 5.10 Å². The van der Waals surface area contributed by atoms with Crippen LogP contribution in [0.15, 0.2) is 12.4 Å². The highest BCUT2D eigenvalue weighted by atomic mass is 19.3. The van der Waals surface area contributed by atoms with E-state index in [0.29, 0.717) is 4.90 Å². The fraction of sp³-hybridized carbons (Fsp3) is 0.600. The molecular formula is C10H13F2N3O3. The van der Waals surface area contributed by atoms with E-state index >= 15 is 0 Å². The van der Waals surface area contributed by atoms with Crippen molar-refractivity contribution in [1.82, 2.24) is 14.7 Å². The second-order valence-corrected chi connectivity index (χ2v) is 4.21. The smallest absolute Gasteiger partial charge is 0.407 e. The van der Waals surface area contributed by atoms with Crippen LogP contribution >= 0.6 is 0 Å². The van der Waals surface area contributed by atoms with Crippen LogP contribution in [0.25, 0.3) is 0 Å². The fourth-order valence-electron chi connectivity index (χ4n) is 1.85. The monoisotopic (exact) mass is 261 g/mol. The summed E-state index contributed by atoms with van der Waals surface area (Å²) < 4.78 is 34.0. The number of ether oxygens (including phenoxy) is 1. The first-order valence-corrected chi connectivity index (χ1v) is 5.39. The van der Waals surface area contributed by atoms with Crippen LogP contribution in [0.3, 0.4) is 0 Å². The highest BCUT2D eigenvalue weighted by Crippen LogP contribution is 2.30. The van der Waals surface area contributed by atoms with E-state index in [0.717, 1.165) is 0 Å². The summed E-state index contributed by atoms with van der Waals surface area (Å²) in [4.78, 5) is 11.3. The molecule has 18 heavy (non-hydrogen) atoms. The van der Waals surface area contributed by atoms with E-state index in [1.807, 2.05) is 0 Å². The van der Waals surface area contributed by atoms with Crippen LogP contribution in [0.1, 0.15) is 6.42 Å². The predicted octanol–water partition coefficient (Wildman–Crippen LogP) is 1.19. The minimum Gasteiger partial charge on any atom is -0.481 e. The first-order valence-electron chi connectivity index (χ1n) is 5.39. The summed E-state index contributed by atoms with van der Waals surface area (Å²) in [6.07, 6.45) is 0.125. The molecule has 0 saturated carbocycles. The van der Waals surface area contributed by atoms with Gasteiger partial charge in [-0.1, -0.05) is 0 Å². The summed E-state index contributed by atoms with van der Waals surface area (Å²) in [5.74, 6) is -2.95. The molecule has 1 aliphatic rings. The minimum atomic E-state index is -3.20. The van der Waals surface area contributed by atoms with Crippen LogP contribution in [0, 0.1) is 0 Å². The average molecular weight is 261 g/mol. The van der Waals surface area contributed by atoms with Gasteiger partial charge in [-0.05, 0) is 0 Å². The zero-order chi connectivity index (χ0) is 13.3. The second-order valence-electron chi connectivity index (χ2n) is 4.21. The lowest BCUT2D eigenvalue weighted by molar-refractivity contribution is -0.133.